The first kappa shape index (κ1) is 21.1. The molecular weight excluding hydrogens is 394 g/mol. The average Bonchev–Trinajstić information content (AvgIpc) is 3.08. The lowest BCUT2D eigenvalue weighted by Crippen LogP contribution is -2.51. The maximum absolute atomic E-state index is 13.5. The Morgan fingerprint density at radius 3 is 2.50 bits per heavy atom. The van der Waals surface area contributed by atoms with Gasteiger partial charge in [-0.2, -0.15) is 0 Å². The molecule has 3 heterocycles. The predicted octanol–water partition coefficient (Wildman–Crippen LogP) is 3.47. The summed E-state index contributed by atoms with van der Waals surface area (Å²) < 4.78 is 0. The number of hydrogen-bond acceptors (Lipinski definition) is 4. The Hall–Kier alpha value is -2.18. The van der Waals surface area contributed by atoms with Crippen LogP contribution in [0, 0.1) is 6.92 Å². The fourth-order valence-corrected chi connectivity index (χ4v) is 5.76. The molecule has 0 radical (unpaired) electrons. The van der Waals surface area contributed by atoms with Crippen LogP contribution in [0.4, 0.5) is 0 Å². The van der Waals surface area contributed by atoms with Crippen molar-refractivity contribution in [1.29, 1.82) is 0 Å². The highest BCUT2D eigenvalue weighted by Gasteiger charge is 2.37. The zero-order valence-electron chi connectivity index (χ0n) is 18.1. The summed E-state index contributed by atoms with van der Waals surface area (Å²) in [6.07, 6.45) is 1.83. The standard InChI is InChI=1S/C24H31N3O2S/c1-17-7-4-5-8-20(17)23-21-10-16-30-22(21)9-13-27(23)18(2)24(29)26-12-6-11-25(14-15-26)19(3)28/h4-5,7-8,10,16,18,23H,6,9,11-15H2,1-3H3/t18-,23-/m1/s1. The summed E-state index contributed by atoms with van der Waals surface area (Å²) in [4.78, 5) is 32.9. The van der Waals surface area contributed by atoms with Crippen LogP contribution >= 0.6 is 11.3 Å². The van der Waals surface area contributed by atoms with Crippen LogP contribution in [0.25, 0.3) is 0 Å². The number of amides is 2. The van der Waals surface area contributed by atoms with Gasteiger partial charge in [-0.25, -0.2) is 0 Å². The summed E-state index contributed by atoms with van der Waals surface area (Å²) in [5, 5.41) is 2.18. The maximum Gasteiger partial charge on any atom is 0.239 e. The number of hydrogen-bond donors (Lipinski definition) is 0. The minimum absolute atomic E-state index is 0.0954. The number of carbonyl (C=O) groups excluding carboxylic acids is 2. The van der Waals surface area contributed by atoms with Crippen molar-refractivity contribution in [2.75, 3.05) is 32.7 Å². The zero-order valence-corrected chi connectivity index (χ0v) is 19.0. The first-order valence-corrected chi connectivity index (χ1v) is 11.8. The molecule has 2 aromatic rings. The average molecular weight is 426 g/mol. The van der Waals surface area contributed by atoms with Crippen LogP contribution in [0.5, 0.6) is 0 Å². The van der Waals surface area contributed by atoms with Crippen LogP contribution in [0.15, 0.2) is 35.7 Å². The quantitative estimate of drug-likeness (QED) is 0.756. The first-order valence-electron chi connectivity index (χ1n) is 10.9. The molecule has 5 nitrogen and oxygen atoms in total. The van der Waals surface area contributed by atoms with Gasteiger partial charge in [-0.1, -0.05) is 24.3 Å². The lowest BCUT2D eigenvalue weighted by molar-refractivity contribution is -0.137. The van der Waals surface area contributed by atoms with Gasteiger partial charge in [-0.3, -0.25) is 14.5 Å². The fourth-order valence-electron chi connectivity index (χ4n) is 4.85. The highest BCUT2D eigenvalue weighted by molar-refractivity contribution is 7.10. The third-order valence-corrected chi connectivity index (χ3v) is 7.59. The van der Waals surface area contributed by atoms with E-state index in [0.717, 1.165) is 32.5 Å². The van der Waals surface area contributed by atoms with E-state index in [0.29, 0.717) is 13.1 Å². The van der Waals surface area contributed by atoms with E-state index in [9.17, 15) is 9.59 Å². The van der Waals surface area contributed by atoms with Crippen molar-refractivity contribution < 1.29 is 9.59 Å². The van der Waals surface area contributed by atoms with Gasteiger partial charge in [-0.05, 0) is 54.8 Å². The van der Waals surface area contributed by atoms with Crippen LogP contribution in [0.3, 0.4) is 0 Å². The lowest BCUT2D eigenvalue weighted by Gasteiger charge is -2.41. The number of thiophene rings is 1. The van der Waals surface area contributed by atoms with Crippen LogP contribution in [0.1, 0.15) is 47.9 Å². The minimum atomic E-state index is -0.202. The van der Waals surface area contributed by atoms with Gasteiger partial charge in [0.2, 0.25) is 11.8 Å². The SMILES string of the molecule is CC(=O)N1CCCN(C(=O)[C@@H](C)N2CCc3sccc3[C@H]2c2ccccc2C)CC1. The molecule has 1 aromatic heterocycles. The molecule has 2 aliphatic rings. The summed E-state index contributed by atoms with van der Waals surface area (Å²) in [5.41, 5.74) is 3.90. The Morgan fingerprint density at radius 2 is 1.73 bits per heavy atom. The Kier molecular flexibility index (Phi) is 6.25. The second-order valence-corrected chi connectivity index (χ2v) is 9.41. The molecule has 1 saturated heterocycles. The van der Waals surface area contributed by atoms with Crippen molar-refractivity contribution >= 4 is 23.2 Å². The normalized spacial score (nSPS) is 21.1. The second kappa shape index (κ2) is 8.90. The summed E-state index contributed by atoms with van der Waals surface area (Å²) in [6.45, 7) is 9.41. The summed E-state index contributed by atoms with van der Waals surface area (Å²) in [6, 6.07) is 10.7. The summed E-state index contributed by atoms with van der Waals surface area (Å²) in [5.74, 6) is 0.274. The third kappa shape index (κ3) is 4.03. The molecule has 4 rings (SSSR count). The highest BCUT2D eigenvalue weighted by Crippen LogP contribution is 2.40. The topological polar surface area (TPSA) is 43.9 Å². The van der Waals surface area contributed by atoms with Gasteiger partial charge >= 0.3 is 0 Å². The number of nitrogens with zero attached hydrogens (tertiary/aromatic N) is 3. The third-order valence-electron chi connectivity index (χ3n) is 6.59. The molecule has 2 atom stereocenters. The maximum atomic E-state index is 13.5. The van der Waals surface area contributed by atoms with Crippen molar-refractivity contribution in [3.63, 3.8) is 0 Å². The number of fused-ring (bicyclic) bond motifs is 1. The molecule has 1 fully saturated rings. The van der Waals surface area contributed by atoms with E-state index in [1.54, 1.807) is 6.92 Å². The molecule has 0 saturated carbocycles. The van der Waals surface area contributed by atoms with Gasteiger partial charge in [-0.15, -0.1) is 11.3 Å². The number of aryl methyl sites for hydroxylation is 1. The first-order chi connectivity index (χ1) is 14.5. The Balaban J connectivity index is 1.59. The minimum Gasteiger partial charge on any atom is -0.341 e. The molecule has 6 heteroatoms. The van der Waals surface area contributed by atoms with E-state index >= 15 is 0 Å². The molecule has 160 valence electrons. The number of carbonyl (C=O) groups is 2. The van der Waals surface area contributed by atoms with Gasteiger partial charge in [0.25, 0.3) is 0 Å². The Morgan fingerprint density at radius 1 is 1.00 bits per heavy atom. The molecular formula is C24H31N3O2S. The van der Waals surface area contributed by atoms with Crippen LogP contribution in [0.2, 0.25) is 0 Å². The highest BCUT2D eigenvalue weighted by atomic mass is 32.1. The monoisotopic (exact) mass is 425 g/mol. The van der Waals surface area contributed by atoms with Gasteiger partial charge < -0.3 is 9.80 Å². The van der Waals surface area contributed by atoms with Gasteiger partial charge in [0.15, 0.2) is 0 Å². The van der Waals surface area contributed by atoms with Gasteiger partial charge in [0.05, 0.1) is 12.1 Å². The van der Waals surface area contributed by atoms with E-state index in [4.69, 9.17) is 0 Å². The largest absolute Gasteiger partial charge is 0.341 e. The molecule has 2 amide bonds. The van der Waals surface area contributed by atoms with E-state index in [1.807, 2.05) is 21.1 Å². The molecule has 2 aliphatic heterocycles. The molecule has 0 spiro atoms. The molecule has 0 N–H and O–H groups in total. The molecule has 0 bridgehead atoms. The smallest absolute Gasteiger partial charge is 0.239 e. The lowest BCUT2D eigenvalue weighted by atomic mass is 9.89. The molecule has 0 aliphatic carbocycles. The van der Waals surface area contributed by atoms with E-state index in [2.05, 4.69) is 54.5 Å². The zero-order chi connectivity index (χ0) is 21.3. The Bertz CT molecular complexity index is 925. The predicted molar refractivity (Wildman–Crippen MR) is 121 cm³/mol. The fraction of sp³-hybridized carbons (Fsp3) is 0.500. The van der Waals surface area contributed by atoms with Crippen LogP contribution < -0.4 is 0 Å². The van der Waals surface area contributed by atoms with E-state index < -0.39 is 0 Å². The summed E-state index contributed by atoms with van der Waals surface area (Å²) in [7, 11) is 0. The molecule has 0 unspecified atom stereocenters. The van der Waals surface area contributed by atoms with Crippen molar-refractivity contribution in [2.45, 2.75) is 45.7 Å². The molecule has 1 aromatic carbocycles. The van der Waals surface area contributed by atoms with Crippen molar-refractivity contribution in [3.05, 3.63) is 57.3 Å². The van der Waals surface area contributed by atoms with Crippen molar-refractivity contribution in [3.8, 4) is 0 Å². The number of benzene rings is 1. The van der Waals surface area contributed by atoms with E-state index in [-0.39, 0.29) is 23.9 Å². The van der Waals surface area contributed by atoms with Gasteiger partial charge in [0.1, 0.15) is 0 Å². The molecule has 30 heavy (non-hydrogen) atoms. The van der Waals surface area contributed by atoms with Crippen LogP contribution in [-0.4, -0.2) is 65.3 Å². The Labute approximate surface area is 183 Å². The second-order valence-electron chi connectivity index (χ2n) is 8.41. The summed E-state index contributed by atoms with van der Waals surface area (Å²) >= 11 is 1.83. The van der Waals surface area contributed by atoms with Crippen molar-refractivity contribution in [1.82, 2.24) is 14.7 Å². The van der Waals surface area contributed by atoms with Gasteiger partial charge in [0, 0.05) is 44.5 Å². The van der Waals surface area contributed by atoms with Crippen molar-refractivity contribution in [2.24, 2.45) is 0 Å². The number of rotatable bonds is 3. The van der Waals surface area contributed by atoms with Crippen LogP contribution in [-0.2, 0) is 16.0 Å². The van der Waals surface area contributed by atoms with E-state index in [1.165, 1.54) is 21.6 Å².